The lowest BCUT2D eigenvalue weighted by Crippen LogP contribution is -2.33. The average molecular weight is 264 g/mol. The highest BCUT2D eigenvalue weighted by molar-refractivity contribution is 7.17. The van der Waals surface area contributed by atoms with Gasteiger partial charge in [-0.1, -0.05) is 0 Å². The molecule has 2 rings (SSSR count). The monoisotopic (exact) mass is 264 g/mol. The predicted molar refractivity (Wildman–Crippen MR) is 74.4 cm³/mol. The molecule has 0 atom stereocenters. The normalized spacial score (nSPS) is 11.1. The molecule has 0 aliphatic heterocycles. The Labute approximate surface area is 110 Å². The molecule has 0 radical (unpaired) electrons. The number of anilines is 1. The third-order valence-corrected chi connectivity index (χ3v) is 3.70. The van der Waals surface area contributed by atoms with Crippen molar-refractivity contribution < 1.29 is 9.90 Å². The van der Waals surface area contributed by atoms with E-state index < -0.39 is 5.97 Å². The molecule has 0 bridgehead atoms. The molecule has 5 heteroatoms. The predicted octanol–water partition coefficient (Wildman–Crippen LogP) is 2.99. The maximum Gasteiger partial charge on any atom is 0.305 e. The van der Waals surface area contributed by atoms with Crippen LogP contribution in [0.3, 0.4) is 0 Å². The number of rotatable bonds is 5. The molecule has 4 nitrogen and oxygen atoms in total. The summed E-state index contributed by atoms with van der Waals surface area (Å²) < 4.78 is 1.18. The van der Waals surface area contributed by atoms with Crippen molar-refractivity contribution in [1.82, 2.24) is 4.98 Å². The summed E-state index contributed by atoms with van der Waals surface area (Å²) >= 11 is 1.67. The zero-order valence-corrected chi connectivity index (χ0v) is 11.3. The van der Waals surface area contributed by atoms with Gasteiger partial charge in [-0.15, -0.1) is 11.3 Å². The van der Waals surface area contributed by atoms with E-state index in [0.717, 1.165) is 11.2 Å². The maximum atomic E-state index is 10.7. The number of hydrogen-bond donors (Lipinski definition) is 1. The highest BCUT2D eigenvalue weighted by Gasteiger charge is 2.16. The zero-order chi connectivity index (χ0) is 13.1. The van der Waals surface area contributed by atoms with Gasteiger partial charge in [0.05, 0.1) is 6.42 Å². The Morgan fingerprint density at radius 3 is 2.94 bits per heavy atom. The van der Waals surface area contributed by atoms with Crippen LogP contribution in [0.1, 0.15) is 20.3 Å². The van der Waals surface area contributed by atoms with Gasteiger partial charge in [-0.25, -0.2) is 4.98 Å². The summed E-state index contributed by atoms with van der Waals surface area (Å²) in [5, 5.41) is 12.0. The summed E-state index contributed by atoms with van der Waals surface area (Å²) in [7, 11) is 0. The molecule has 0 saturated heterocycles. The number of nitrogens with zero attached hydrogens (tertiary/aromatic N) is 2. The van der Waals surface area contributed by atoms with E-state index in [0.29, 0.717) is 6.54 Å². The number of fused-ring (bicyclic) bond motifs is 1. The Kier molecular flexibility index (Phi) is 3.81. The van der Waals surface area contributed by atoms with Gasteiger partial charge >= 0.3 is 5.97 Å². The van der Waals surface area contributed by atoms with Crippen molar-refractivity contribution in [1.29, 1.82) is 0 Å². The summed E-state index contributed by atoms with van der Waals surface area (Å²) in [6.45, 7) is 4.58. The molecule has 2 aromatic heterocycles. The van der Waals surface area contributed by atoms with Gasteiger partial charge in [0.15, 0.2) is 0 Å². The van der Waals surface area contributed by atoms with E-state index in [4.69, 9.17) is 5.11 Å². The van der Waals surface area contributed by atoms with Gasteiger partial charge in [-0.2, -0.15) is 0 Å². The largest absolute Gasteiger partial charge is 0.481 e. The number of carboxylic acids is 1. The number of aliphatic carboxylic acids is 1. The lowest BCUT2D eigenvalue weighted by molar-refractivity contribution is -0.136. The molecule has 1 N–H and O–H groups in total. The molecule has 0 aromatic carbocycles. The summed E-state index contributed by atoms with van der Waals surface area (Å²) in [5.74, 6) is 0.100. The van der Waals surface area contributed by atoms with Crippen molar-refractivity contribution in [2.45, 2.75) is 26.3 Å². The van der Waals surface area contributed by atoms with Gasteiger partial charge in [0, 0.05) is 28.9 Å². The molecule has 0 fully saturated rings. The average Bonchev–Trinajstić information content (AvgIpc) is 2.77. The van der Waals surface area contributed by atoms with E-state index in [1.54, 1.807) is 17.5 Å². The fourth-order valence-electron chi connectivity index (χ4n) is 1.93. The Morgan fingerprint density at radius 2 is 2.28 bits per heavy atom. The molecule has 96 valence electrons. The summed E-state index contributed by atoms with van der Waals surface area (Å²) in [4.78, 5) is 17.2. The maximum absolute atomic E-state index is 10.7. The number of pyridine rings is 1. The molecule has 2 heterocycles. The first-order valence-electron chi connectivity index (χ1n) is 5.90. The third-order valence-electron chi connectivity index (χ3n) is 2.82. The summed E-state index contributed by atoms with van der Waals surface area (Å²) in [5.41, 5.74) is 0. The standard InChI is InChI=1S/C13H16N2O2S/c1-9(2)15(7-4-12(16)17)13-10-5-8-18-11(10)3-6-14-13/h3,5-6,8-9H,4,7H2,1-2H3,(H,16,17). The smallest absolute Gasteiger partial charge is 0.305 e. The molecule has 0 spiro atoms. The quantitative estimate of drug-likeness (QED) is 0.902. The lowest BCUT2D eigenvalue weighted by atomic mass is 10.2. The van der Waals surface area contributed by atoms with Crippen molar-refractivity contribution in [3.05, 3.63) is 23.7 Å². The minimum Gasteiger partial charge on any atom is -0.481 e. The van der Waals surface area contributed by atoms with Crippen LogP contribution < -0.4 is 4.90 Å². The number of hydrogen-bond acceptors (Lipinski definition) is 4. The number of aromatic nitrogens is 1. The third kappa shape index (κ3) is 2.61. The Morgan fingerprint density at radius 1 is 1.50 bits per heavy atom. The molecule has 0 saturated carbocycles. The zero-order valence-electron chi connectivity index (χ0n) is 10.5. The highest BCUT2D eigenvalue weighted by atomic mass is 32.1. The molecular weight excluding hydrogens is 248 g/mol. The number of carbonyl (C=O) groups is 1. The molecule has 2 aromatic rings. The van der Waals surface area contributed by atoms with Crippen LogP contribution >= 0.6 is 11.3 Å². The minimum absolute atomic E-state index is 0.125. The summed E-state index contributed by atoms with van der Waals surface area (Å²) in [6, 6.07) is 4.25. The van der Waals surface area contributed by atoms with E-state index in [1.165, 1.54) is 4.70 Å². The Hall–Kier alpha value is -1.62. The summed E-state index contributed by atoms with van der Waals surface area (Å²) in [6.07, 6.45) is 1.91. The molecule has 0 amide bonds. The van der Waals surface area contributed by atoms with Gasteiger partial charge in [0.2, 0.25) is 0 Å². The van der Waals surface area contributed by atoms with Crippen molar-refractivity contribution in [2.75, 3.05) is 11.4 Å². The number of carboxylic acid groups (broad SMARTS) is 1. The van der Waals surface area contributed by atoms with Crippen LogP contribution in [-0.2, 0) is 4.79 Å². The van der Waals surface area contributed by atoms with E-state index in [1.807, 2.05) is 22.4 Å². The van der Waals surface area contributed by atoms with Crippen LogP contribution in [0.25, 0.3) is 10.1 Å². The van der Waals surface area contributed by atoms with Gasteiger partial charge in [-0.3, -0.25) is 4.79 Å². The highest BCUT2D eigenvalue weighted by Crippen LogP contribution is 2.29. The number of thiophene rings is 1. The molecule has 18 heavy (non-hydrogen) atoms. The fraction of sp³-hybridized carbons (Fsp3) is 0.385. The van der Waals surface area contributed by atoms with Crippen LogP contribution in [0.15, 0.2) is 23.7 Å². The van der Waals surface area contributed by atoms with E-state index >= 15 is 0 Å². The minimum atomic E-state index is -0.779. The van der Waals surface area contributed by atoms with Crippen molar-refractivity contribution in [3.63, 3.8) is 0 Å². The Balaban J connectivity index is 2.35. The topological polar surface area (TPSA) is 53.4 Å². The molecular formula is C13H16N2O2S. The van der Waals surface area contributed by atoms with Gasteiger partial charge < -0.3 is 10.0 Å². The molecule has 0 aliphatic rings. The Bertz CT molecular complexity index is 551. The van der Waals surface area contributed by atoms with Gasteiger partial charge in [0.1, 0.15) is 5.82 Å². The second-order valence-corrected chi connectivity index (χ2v) is 5.35. The van der Waals surface area contributed by atoms with Crippen LogP contribution in [0.5, 0.6) is 0 Å². The van der Waals surface area contributed by atoms with Gasteiger partial charge in [-0.05, 0) is 31.4 Å². The van der Waals surface area contributed by atoms with Crippen molar-refractivity contribution in [3.8, 4) is 0 Å². The van der Waals surface area contributed by atoms with E-state index in [9.17, 15) is 4.79 Å². The fourth-order valence-corrected chi connectivity index (χ4v) is 2.71. The van der Waals surface area contributed by atoms with Gasteiger partial charge in [0.25, 0.3) is 0 Å². The first kappa shape index (κ1) is 12.8. The van der Waals surface area contributed by atoms with Crippen LogP contribution in [0.4, 0.5) is 5.82 Å². The molecule has 0 unspecified atom stereocenters. The second kappa shape index (κ2) is 5.35. The van der Waals surface area contributed by atoms with Crippen LogP contribution in [0, 0.1) is 0 Å². The van der Waals surface area contributed by atoms with Crippen LogP contribution in [0.2, 0.25) is 0 Å². The van der Waals surface area contributed by atoms with E-state index in [-0.39, 0.29) is 12.5 Å². The van der Waals surface area contributed by atoms with E-state index in [2.05, 4.69) is 18.8 Å². The first-order valence-corrected chi connectivity index (χ1v) is 6.78. The first-order chi connectivity index (χ1) is 8.59. The van der Waals surface area contributed by atoms with Crippen molar-refractivity contribution in [2.24, 2.45) is 0 Å². The SMILES string of the molecule is CC(C)N(CCC(=O)O)c1nccc2sccc12. The molecule has 0 aliphatic carbocycles. The van der Waals surface area contributed by atoms with Crippen molar-refractivity contribution >= 4 is 33.2 Å². The lowest BCUT2D eigenvalue weighted by Gasteiger charge is -2.27. The second-order valence-electron chi connectivity index (χ2n) is 4.40. The van der Waals surface area contributed by atoms with Crippen LogP contribution in [-0.4, -0.2) is 28.6 Å².